The van der Waals surface area contributed by atoms with E-state index < -0.39 is 5.82 Å². The molecule has 1 saturated heterocycles. The standard InChI is InChI=1S/C11H12FNO2/c12-8-1-2-9(10(13)5-8)11(14)7-3-4-15-6-7/h1-2,5,7H,3-4,6,13H2. The van der Waals surface area contributed by atoms with Crippen molar-refractivity contribution in [3.63, 3.8) is 0 Å². The van der Waals surface area contributed by atoms with Gasteiger partial charge in [-0.3, -0.25) is 4.79 Å². The van der Waals surface area contributed by atoms with Crippen LogP contribution in [0.25, 0.3) is 0 Å². The minimum atomic E-state index is -0.424. The SMILES string of the molecule is Nc1cc(F)ccc1C(=O)C1CCOC1. The molecule has 1 atom stereocenters. The van der Waals surface area contributed by atoms with Gasteiger partial charge in [-0.1, -0.05) is 0 Å². The molecule has 4 heteroatoms. The number of ether oxygens (including phenoxy) is 1. The van der Waals surface area contributed by atoms with Crippen LogP contribution in [-0.4, -0.2) is 19.0 Å². The highest BCUT2D eigenvalue weighted by Gasteiger charge is 2.25. The molecule has 15 heavy (non-hydrogen) atoms. The number of Topliss-reactive ketones (excluding diaryl/α,β-unsaturated/α-hetero) is 1. The highest BCUT2D eigenvalue weighted by Crippen LogP contribution is 2.22. The van der Waals surface area contributed by atoms with Crippen molar-refractivity contribution in [3.8, 4) is 0 Å². The normalized spacial score (nSPS) is 20.5. The van der Waals surface area contributed by atoms with Crippen LogP contribution in [0.2, 0.25) is 0 Å². The Morgan fingerprint density at radius 1 is 1.53 bits per heavy atom. The Hall–Kier alpha value is -1.42. The molecule has 1 heterocycles. The Bertz CT molecular complexity index is 386. The van der Waals surface area contributed by atoms with Crippen molar-refractivity contribution in [2.24, 2.45) is 5.92 Å². The number of anilines is 1. The smallest absolute Gasteiger partial charge is 0.170 e. The number of nitrogens with two attached hydrogens (primary N) is 1. The van der Waals surface area contributed by atoms with E-state index in [1.165, 1.54) is 18.2 Å². The monoisotopic (exact) mass is 209 g/mol. The first kappa shape index (κ1) is 10.1. The number of hydrogen-bond acceptors (Lipinski definition) is 3. The molecule has 1 fully saturated rings. The van der Waals surface area contributed by atoms with Gasteiger partial charge in [-0.25, -0.2) is 4.39 Å². The Morgan fingerprint density at radius 2 is 2.33 bits per heavy atom. The molecule has 0 bridgehead atoms. The van der Waals surface area contributed by atoms with Gasteiger partial charge in [0.1, 0.15) is 5.82 Å². The van der Waals surface area contributed by atoms with E-state index in [1.54, 1.807) is 0 Å². The van der Waals surface area contributed by atoms with Crippen molar-refractivity contribution in [3.05, 3.63) is 29.6 Å². The fourth-order valence-corrected chi connectivity index (χ4v) is 1.72. The third kappa shape index (κ3) is 1.99. The second-order valence-electron chi connectivity index (χ2n) is 3.66. The molecular weight excluding hydrogens is 197 g/mol. The summed E-state index contributed by atoms with van der Waals surface area (Å²) in [5.41, 5.74) is 6.18. The van der Waals surface area contributed by atoms with Gasteiger partial charge in [0.15, 0.2) is 5.78 Å². The largest absolute Gasteiger partial charge is 0.398 e. The summed E-state index contributed by atoms with van der Waals surface area (Å²) in [4.78, 5) is 11.9. The van der Waals surface area contributed by atoms with Gasteiger partial charge < -0.3 is 10.5 Å². The molecule has 0 saturated carbocycles. The summed E-state index contributed by atoms with van der Waals surface area (Å²) in [5.74, 6) is -0.602. The Balaban J connectivity index is 2.24. The van der Waals surface area contributed by atoms with Crippen molar-refractivity contribution < 1.29 is 13.9 Å². The quantitative estimate of drug-likeness (QED) is 0.595. The molecule has 0 amide bonds. The van der Waals surface area contributed by atoms with Crippen LogP contribution in [0.5, 0.6) is 0 Å². The van der Waals surface area contributed by atoms with E-state index in [-0.39, 0.29) is 17.4 Å². The maximum Gasteiger partial charge on any atom is 0.170 e. The van der Waals surface area contributed by atoms with E-state index in [9.17, 15) is 9.18 Å². The first-order chi connectivity index (χ1) is 7.18. The lowest BCUT2D eigenvalue weighted by atomic mass is 9.96. The molecule has 1 aliphatic rings. The van der Waals surface area contributed by atoms with E-state index in [0.29, 0.717) is 18.8 Å². The van der Waals surface area contributed by atoms with Crippen LogP contribution in [0.4, 0.5) is 10.1 Å². The van der Waals surface area contributed by atoms with Crippen molar-refractivity contribution in [1.82, 2.24) is 0 Å². The van der Waals surface area contributed by atoms with Crippen molar-refractivity contribution in [2.45, 2.75) is 6.42 Å². The highest BCUT2D eigenvalue weighted by molar-refractivity contribution is 6.02. The number of hydrogen-bond donors (Lipinski definition) is 1. The number of carbonyl (C=O) groups is 1. The first-order valence-corrected chi connectivity index (χ1v) is 4.85. The average Bonchev–Trinajstić information content (AvgIpc) is 2.69. The molecule has 3 nitrogen and oxygen atoms in total. The number of ketones is 1. The van der Waals surface area contributed by atoms with Crippen LogP contribution in [-0.2, 0) is 4.74 Å². The van der Waals surface area contributed by atoms with Crippen LogP contribution in [0.3, 0.4) is 0 Å². The van der Waals surface area contributed by atoms with Crippen molar-refractivity contribution in [2.75, 3.05) is 18.9 Å². The molecule has 80 valence electrons. The zero-order valence-electron chi connectivity index (χ0n) is 8.20. The van der Waals surface area contributed by atoms with Gasteiger partial charge >= 0.3 is 0 Å². The van der Waals surface area contributed by atoms with Crippen molar-refractivity contribution in [1.29, 1.82) is 0 Å². The molecule has 2 N–H and O–H groups in total. The fraction of sp³-hybridized carbons (Fsp3) is 0.364. The summed E-state index contributed by atoms with van der Waals surface area (Å²) < 4.78 is 17.9. The molecule has 1 aromatic rings. The number of carbonyl (C=O) groups excluding carboxylic acids is 1. The summed E-state index contributed by atoms with van der Waals surface area (Å²) in [6.45, 7) is 1.05. The maximum absolute atomic E-state index is 12.8. The number of halogens is 1. The lowest BCUT2D eigenvalue weighted by Crippen LogP contribution is -2.16. The van der Waals surface area contributed by atoms with Gasteiger partial charge in [0.25, 0.3) is 0 Å². The topological polar surface area (TPSA) is 52.3 Å². The third-order valence-corrected chi connectivity index (χ3v) is 2.58. The lowest BCUT2D eigenvalue weighted by Gasteiger charge is -2.08. The van der Waals surface area contributed by atoms with Crippen molar-refractivity contribution >= 4 is 11.5 Å². The maximum atomic E-state index is 12.8. The first-order valence-electron chi connectivity index (χ1n) is 4.85. The number of rotatable bonds is 2. The second kappa shape index (κ2) is 3.98. The van der Waals surface area contributed by atoms with Gasteiger partial charge in [0.05, 0.1) is 6.61 Å². The van der Waals surface area contributed by atoms with Crippen LogP contribution in [0.1, 0.15) is 16.8 Å². The summed E-state index contributed by atoms with van der Waals surface area (Å²) in [7, 11) is 0. The molecule has 0 spiro atoms. The molecule has 1 aromatic carbocycles. The Kier molecular flexibility index (Phi) is 2.68. The third-order valence-electron chi connectivity index (χ3n) is 2.58. The zero-order valence-corrected chi connectivity index (χ0v) is 8.20. The predicted octanol–water partition coefficient (Wildman–Crippen LogP) is 1.63. The van der Waals surface area contributed by atoms with E-state index in [1.807, 2.05) is 0 Å². The molecule has 1 unspecified atom stereocenters. The van der Waals surface area contributed by atoms with Gasteiger partial charge in [-0.05, 0) is 24.6 Å². The van der Waals surface area contributed by atoms with Gasteiger partial charge in [-0.15, -0.1) is 0 Å². The van der Waals surface area contributed by atoms with Crippen LogP contribution < -0.4 is 5.73 Å². The van der Waals surface area contributed by atoms with Gasteiger partial charge in [0.2, 0.25) is 0 Å². The summed E-state index contributed by atoms with van der Waals surface area (Å²) in [5, 5.41) is 0. The van der Waals surface area contributed by atoms with Gasteiger partial charge in [-0.2, -0.15) is 0 Å². The summed E-state index contributed by atoms with van der Waals surface area (Å²) >= 11 is 0. The molecule has 2 rings (SSSR count). The van der Waals surface area contributed by atoms with E-state index in [4.69, 9.17) is 10.5 Å². The molecule has 0 radical (unpaired) electrons. The molecule has 0 aliphatic carbocycles. The minimum absolute atomic E-state index is 0.0509. The molecular formula is C11H12FNO2. The minimum Gasteiger partial charge on any atom is -0.398 e. The highest BCUT2D eigenvalue weighted by atomic mass is 19.1. The number of nitrogen functional groups attached to an aromatic ring is 1. The Labute approximate surface area is 87.0 Å². The number of benzene rings is 1. The van der Waals surface area contributed by atoms with Crippen LogP contribution in [0.15, 0.2) is 18.2 Å². The van der Waals surface area contributed by atoms with E-state index in [0.717, 1.165) is 6.42 Å². The fourth-order valence-electron chi connectivity index (χ4n) is 1.72. The summed E-state index contributed by atoms with van der Waals surface area (Å²) in [6, 6.07) is 3.85. The molecule has 0 aromatic heterocycles. The van der Waals surface area contributed by atoms with E-state index >= 15 is 0 Å². The van der Waals surface area contributed by atoms with E-state index in [2.05, 4.69) is 0 Å². The Morgan fingerprint density at radius 3 is 2.93 bits per heavy atom. The predicted molar refractivity (Wildman–Crippen MR) is 54.1 cm³/mol. The lowest BCUT2D eigenvalue weighted by molar-refractivity contribution is 0.0901. The molecule has 1 aliphatic heterocycles. The average molecular weight is 209 g/mol. The second-order valence-corrected chi connectivity index (χ2v) is 3.66. The van der Waals surface area contributed by atoms with Crippen LogP contribution in [0, 0.1) is 11.7 Å². The van der Waals surface area contributed by atoms with Crippen LogP contribution >= 0.6 is 0 Å². The van der Waals surface area contributed by atoms with Gasteiger partial charge in [0, 0.05) is 23.8 Å². The zero-order chi connectivity index (χ0) is 10.8. The summed E-state index contributed by atoms with van der Waals surface area (Å²) in [6.07, 6.45) is 0.718.